The van der Waals surface area contributed by atoms with E-state index in [1.54, 1.807) is 0 Å². The largest absolute Gasteiger partial charge is 0.377 e. The summed E-state index contributed by atoms with van der Waals surface area (Å²) in [5.41, 5.74) is 9.98. The van der Waals surface area contributed by atoms with Crippen LogP contribution in [0, 0.1) is 13.8 Å². The van der Waals surface area contributed by atoms with Gasteiger partial charge in [-0.15, -0.1) is 0 Å². The molecule has 0 saturated carbocycles. The summed E-state index contributed by atoms with van der Waals surface area (Å²) in [5, 5.41) is 0. The van der Waals surface area contributed by atoms with Crippen LogP contribution in [0.5, 0.6) is 0 Å². The zero-order valence-electron chi connectivity index (χ0n) is 10.8. The molecule has 16 heavy (non-hydrogen) atoms. The summed E-state index contributed by atoms with van der Waals surface area (Å²) in [6.45, 7) is 8.93. The third-order valence-electron chi connectivity index (χ3n) is 2.63. The molecule has 0 aliphatic heterocycles. The van der Waals surface area contributed by atoms with Crippen molar-refractivity contribution in [1.82, 2.24) is 0 Å². The summed E-state index contributed by atoms with van der Waals surface area (Å²) in [7, 11) is 0. The summed E-state index contributed by atoms with van der Waals surface area (Å²) in [6, 6.07) is 6.59. The Hall–Kier alpha value is -0.860. The predicted molar refractivity (Wildman–Crippen MR) is 68.7 cm³/mol. The number of ether oxygens (including phenoxy) is 1. The van der Waals surface area contributed by atoms with Gasteiger partial charge in [-0.1, -0.05) is 23.8 Å². The van der Waals surface area contributed by atoms with Gasteiger partial charge in [0.05, 0.1) is 12.7 Å². The monoisotopic (exact) mass is 221 g/mol. The van der Waals surface area contributed by atoms with Gasteiger partial charge < -0.3 is 10.5 Å². The summed E-state index contributed by atoms with van der Waals surface area (Å²) >= 11 is 0. The molecule has 0 spiro atoms. The Morgan fingerprint density at radius 3 is 2.56 bits per heavy atom. The van der Waals surface area contributed by atoms with Crippen LogP contribution in [0.4, 0.5) is 0 Å². The Morgan fingerprint density at radius 2 is 1.94 bits per heavy atom. The lowest BCUT2D eigenvalue weighted by atomic mass is 10.00. The fourth-order valence-corrected chi connectivity index (χ4v) is 1.68. The highest BCUT2D eigenvalue weighted by Crippen LogP contribution is 2.12. The molecule has 2 N–H and O–H groups in total. The molecule has 0 aliphatic rings. The highest BCUT2D eigenvalue weighted by atomic mass is 16.5. The minimum Gasteiger partial charge on any atom is -0.377 e. The third-order valence-corrected chi connectivity index (χ3v) is 2.63. The summed E-state index contributed by atoms with van der Waals surface area (Å²) < 4.78 is 5.52. The molecule has 0 aliphatic carbocycles. The molecule has 1 aromatic carbocycles. The lowest BCUT2D eigenvalue weighted by Gasteiger charge is -2.16. The van der Waals surface area contributed by atoms with E-state index in [2.05, 4.69) is 32.0 Å². The van der Waals surface area contributed by atoms with Crippen LogP contribution in [-0.4, -0.2) is 18.8 Å². The second kappa shape index (κ2) is 6.02. The van der Waals surface area contributed by atoms with E-state index in [1.807, 2.05) is 13.8 Å². The van der Waals surface area contributed by atoms with E-state index in [0.717, 1.165) is 6.42 Å². The molecule has 1 unspecified atom stereocenters. The summed E-state index contributed by atoms with van der Waals surface area (Å²) in [5.74, 6) is 0. The van der Waals surface area contributed by atoms with Crippen molar-refractivity contribution in [2.24, 2.45) is 5.73 Å². The van der Waals surface area contributed by atoms with Gasteiger partial charge in [0.2, 0.25) is 0 Å². The molecule has 2 nitrogen and oxygen atoms in total. The Kier molecular flexibility index (Phi) is 4.97. The molecule has 0 radical (unpaired) electrons. The lowest BCUT2D eigenvalue weighted by Crippen LogP contribution is -2.30. The van der Waals surface area contributed by atoms with Gasteiger partial charge >= 0.3 is 0 Å². The molecule has 0 amide bonds. The first-order valence-corrected chi connectivity index (χ1v) is 5.92. The van der Waals surface area contributed by atoms with Gasteiger partial charge in [0.15, 0.2) is 0 Å². The van der Waals surface area contributed by atoms with Crippen LogP contribution in [0.1, 0.15) is 30.5 Å². The Labute approximate surface area is 98.8 Å². The van der Waals surface area contributed by atoms with E-state index in [1.165, 1.54) is 16.7 Å². The van der Waals surface area contributed by atoms with E-state index >= 15 is 0 Å². The molecule has 90 valence electrons. The second-order valence-electron chi connectivity index (χ2n) is 4.78. The smallest absolute Gasteiger partial charge is 0.0624 e. The minimum atomic E-state index is 0.0860. The molecule has 0 bridgehead atoms. The number of hydrogen-bond donors (Lipinski definition) is 1. The Morgan fingerprint density at radius 1 is 1.25 bits per heavy atom. The van der Waals surface area contributed by atoms with E-state index < -0.39 is 0 Å². The molecule has 0 saturated heterocycles. The maximum absolute atomic E-state index is 6.05. The maximum atomic E-state index is 6.05. The molecule has 1 rings (SSSR count). The SMILES string of the molecule is Cc1ccc(C)c(CC(N)COC(C)C)c1. The highest BCUT2D eigenvalue weighted by Gasteiger charge is 2.07. The van der Waals surface area contributed by atoms with E-state index in [4.69, 9.17) is 10.5 Å². The van der Waals surface area contributed by atoms with Gasteiger partial charge in [0.25, 0.3) is 0 Å². The summed E-state index contributed by atoms with van der Waals surface area (Å²) in [4.78, 5) is 0. The number of rotatable bonds is 5. The molecular weight excluding hydrogens is 198 g/mol. The van der Waals surface area contributed by atoms with Crippen molar-refractivity contribution in [3.05, 3.63) is 34.9 Å². The Bertz CT molecular complexity index is 334. The van der Waals surface area contributed by atoms with Gasteiger partial charge in [-0.05, 0) is 45.2 Å². The zero-order chi connectivity index (χ0) is 12.1. The van der Waals surface area contributed by atoms with Crippen LogP contribution < -0.4 is 5.73 Å². The number of benzene rings is 1. The molecule has 0 aromatic heterocycles. The molecule has 0 fully saturated rings. The van der Waals surface area contributed by atoms with Crippen LogP contribution in [-0.2, 0) is 11.2 Å². The van der Waals surface area contributed by atoms with Crippen molar-refractivity contribution >= 4 is 0 Å². The van der Waals surface area contributed by atoms with Crippen molar-refractivity contribution in [3.8, 4) is 0 Å². The third kappa shape index (κ3) is 4.33. The standard InChI is InChI=1S/C14H23NO/c1-10(2)16-9-14(15)8-13-7-11(3)5-6-12(13)4/h5-7,10,14H,8-9,15H2,1-4H3. The minimum absolute atomic E-state index is 0.0860. The fourth-order valence-electron chi connectivity index (χ4n) is 1.68. The lowest BCUT2D eigenvalue weighted by molar-refractivity contribution is 0.0684. The van der Waals surface area contributed by atoms with Crippen molar-refractivity contribution in [2.45, 2.75) is 46.3 Å². The van der Waals surface area contributed by atoms with Gasteiger partial charge in [0.1, 0.15) is 0 Å². The van der Waals surface area contributed by atoms with Crippen molar-refractivity contribution < 1.29 is 4.74 Å². The van der Waals surface area contributed by atoms with Gasteiger partial charge in [-0.25, -0.2) is 0 Å². The molecule has 0 heterocycles. The first kappa shape index (κ1) is 13.2. The van der Waals surface area contributed by atoms with Gasteiger partial charge in [-0.3, -0.25) is 0 Å². The van der Waals surface area contributed by atoms with Crippen LogP contribution in [0.3, 0.4) is 0 Å². The van der Waals surface area contributed by atoms with E-state index in [-0.39, 0.29) is 12.1 Å². The first-order valence-electron chi connectivity index (χ1n) is 5.92. The zero-order valence-corrected chi connectivity index (χ0v) is 10.8. The van der Waals surface area contributed by atoms with Crippen LogP contribution in [0.2, 0.25) is 0 Å². The normalized spacial score (nSPS) is 13.1. The average Bonchev–Trinajstić information content (AvgIpc) is 2.20. The van der Waals surface area contributed by atoms with Crippen molar-refractivity contribution in [2.75, 3.05) is 6.61 Å². The maximum Gasteiger partial charge on any atom is 0.0624 e. The van der Waals surface area contributed by atoms with Gasteiger partial charge in [-0.2, -0.15) is 0 Å². The van der Waals surface area contributed by atoms with Crippen LogP contribution in [0.25, 0.3) is 0 Å². The molecule has 1 atom stereocenters. The second-order valence-corrected chi connectivity index (χ2v) is 4.78. The van der Waals surface area contributed by atoms with E-state index in [0.29, 0.717) is 6.61 Å². The fraction of sp³-hybridized carbons (Fsp3) is 0.571. The number of aryl methyl sites for hydroxylation is 2. The van der Waals surface area contributed by atoms with Crippen molar-refractivity contribution in [3.63, 3.8) is 0 Å². The van der Waals surface area contributed by atoms with Crippen LogP contribution >= 0.6 is 0 Å². The van der Waals surface area contributed by atoms with Crippen molar-refractivity contribution in [1.29, 1.82) is 0 Å². The molecule has 1 aromatic rings. The molecular formula is C14H23NO. The average molecular weight is 221 g/mol. The first-order chi connectivity index (χ1) is 7.49. The van der Waals surface area contributed by atoms with Crippen LogP contribution in [0.15, 0.2) is 18.2 Å². The topological polar surface area (TPSA) is 35.2 Å². The van der Waals surface area contributed by atoms with Gasteiger partial charge in [0, 0.05) is 6.04 Å². The number of nitrogens with two attached hydrogens (primary N) is 1. The molecule has 2 heteroatoms. The quantitative estimate of drug-likeness (QED) is 0.829. The highest BCUT2D eigenvalue weighted by molar-refractivity contribution is 5.31. The predicted octanol–water partition coefficient (Wildman–Crippen LogP) is 2.60. The van der Waals surface area contributed by atoms with E-state index in [9.17, 15) is 0 Å². The number of hydrogen-bond acceptors (Lipinski definition) is 2. The Balaban J connectivity index is 2.55. The summed E-state index contributed by atoms with van der Waals surface area (Å²) in [6.07, 6.45) is 1.14.